The summed E-state index contributed by atoms with van der Waals surface area (Å²) in [6.07, 6.45) is 2.63. The van der Waals surface area contributed by atoms with Crippen LogP contribution in [-0.4, -0.2) is 65.7 Å². The summed E-state index contributed by atoms with van der Waals surface area (Å²) in [5, 5.41) is 11.4. The molecule has 1 aliphatic heterocycles. The maximum Gasteiger partial charge on any atom is 0.317 e. The molecule has 1 fully saturated rings. The van der Waals surface area contributed by atoms with Gasteiger partial charge in [0.15, 0.2) is 0 Å². The first-order valence-corrected chi connectivity index (χ1v) is 7.53. The molecule has 1 rings (SSSR count). The van der Waals surface area contributed by atoms with E-state index in [1.165, 1.54) is 0 Å². The SMILES string of the molecule is CCC(C)N1CCN(C(=O)NCCCCC(=O)O)CC1. The second-order valence-electron chi connectivity index (χ2n) is 5.36. The van der Waals surface area contributed by atoms with Crippen LogP contribution in [0.15, 0.2) is 0 Å². The van der Waals surface area contributed by atoms with Gasteiger partial charge in [0.05, 0.1) is 0 Å². The van der Waals surface area contributed by atoms with Crippen LogP contribution in [0.3, 0.4) is 0 Å². The number of nitrogens with zero attached hydrogens (tertiary/aromatic N) is 2. The number of rotatable bonds is 7. The van der Waals surface area contributed by atoms with E-state index < -0.39 is 5.97 Å². The molecule has 20 heavy (non-hydrogen) atoms. The van der Waals surface area contributed by atoms with Crippen molar-refractivity contribution >= 4 is 12.0 Å². The Morgan fingerprint density at radius 1 is 1.20 bits per heavy atom. The van der Waals surface area contributed by atoms with Crippen molar-refractivity contribution in [1.29, 1.82) is 0 Å². The third kappa shape index (κ3) is 5.77. The number of carboxylic acid groups (broad SMARTS) is 1. The van der Waals surface area contributed by atoms with Crippen molar-refractivity contribution in [2.24, 2.45) is 0 Å². The van der Waals surface area contributed by atoms with Gasteiger partial charge in [0.2, 0.25) is 0 Å². The fourth-order valence-corrected chi connectivity index (χ4v) is 2.33. The third-order valence-electron chi connectivity index (χ3n) is 3.91. The van der Waals surface area contributed by atoms with Crippen molar-refractivity contribution in [2.45, 2.75) is 45.6 Å². The van der Waals surface area contributed by atoms with Gasteiger partial charge in [-0.2, -0.15) is 0 Å². The Morgan fingerprint density at radius 2 is 1.85 bits per heavy atom. The average Bonchev–Trinajstić information content (AvgIpc) is 2.45. The molecule has 2 N–H and O–H groups in total. The molecule has 0 aliphatic carbocycles. The van der Waals surface area contributed by atoms with E-state index >= 15 is 0 Å². The molecule has 0 spiro atoms. The number of hydrogen-bond donors (Lipinski definition) is 2. The zero-order chi connectivity index (χ0) is 15.0. The predicted octanol–water partition coefficient (Wildman–Crippen LogP) is 1.37. The van der Waals surface area contributed by atoms with Crippen LogP contribution in [0.2, 0.25) is 0 Å². The van der Waals surface area contributed by atoms with Crippen LogP contribution < -0.4 is 5.32 Å². The predicted molar refractivity (Wildman–Crippen MR) is 77.8 cm³/mol. The first kappa shape index (κ1) is 16.8. The molecule has 1 aliphatic rings. The van der Waals surface area contributed by atoms with Gasteiger partial charge in [-0.05, 0) is 26.2 Å². The van der Waals surface area contributed by atoms with Gasteiger partial charge in [-0.3, -0.25) is 9.69 Å². The molecular formula is C14H27N3O3. The summed E-state index contributed by atoms with van der Waals surface area (Å²) < 4.78 is 0. The lowest BCUT2D eigenvalue weighted by Gasteiger charge is -2.37. The van der Waals surface area contributed by atoms with Crippen LogP contribution >= 0.6 is 0 Å². The highest BCUT2D eigenvalue weighted by atomic mass is 16.4. The number of nitrogens with one attached hydrogen (secondary N) is 1. The molecule has 1 atom stereocenters. The van der Waals surface area contributed by atoms with E-state index in [1.54, 1.807) is 0 Å². The van der Waals surface area contributed by atoms with Gasteiger partial charge < -0.3 is 15.3 Å². The van der Waals surface area contributed by atoms with E-state index in [1.807, 2.05) is 4.90 Å². The lowest BCUT2D eigenvalue weighted by Crippen LogP contribution is -2.53. The molecule has 1 unspecified atom stereocenters. The lowest BCUT2D eigenvalue weighted by atomic mass is 10.2. The number of urea groups is 1. The first-order valence-electron chi connectivity index (χ1n) is 7.53. The van der Waals surface area contributed by atoms with Crippen molar-refractivity contribution in [3.63, 3.8) is 0 Å². The quantitative estimate of drug-likeness (QED) is 0.693. The molecule has 6 nitrogen and oxygen atoms in total. The Bertz CT molecular complexity index is 315. The van der Waals surface area contributed by atoms with E-state index in [9.17, 15) is 9.59 Å². The van der Waals surface area contributed by atoms with Crippen molar-refractivity contribution in [3.8, 4) is 0 Å². The molecule has 1 heterocycles. The van der Waals surface area contributed by atoms with Crippen LogP contribution in [0.1, 0.15) is 39.5 Å². The Balaban J connectivity index is 2.14. The standard InChI is InChI=1S/C14H27N3O3/c1-3-12(2)16-8-10-17(11-9-16)14(20)15-7-5-4-6-13(18)19/h12H,3-11H2,1-2H3,(H,15,20)(H,18,19). The number of piperazine rings is 1. The monoisotopic (exact) mass is 285 g/mol. The van der Waals surface area contributed by atoms with Crippen molar-refractivity contribution in [1.82, 2.24) is 15.1 Å². The van der Waals surface area contributed by atoms with Crippen LogP contribution in [0.5, 0.6) is 0 Å². The Labute approximate surface area is 121 Å². The van der Waals surface area contributed by atoms with Gasteiger partial charge in [-0.1, -0.05) is 6.92 Å². The minimum Gasteiger partial charge on any atom is -0.481 e. The van der Waals surface area contributed by atoms with Crippen molar-refractivity contribution < 1.29 is 14.7 Å². The summed E-state index contributed by atoms with van der Waals surface area (Å²) in [6, 6.07) is 0.556. The first-order chi connectivity index (χ1) is 9.54. The molecule has 116 valence electrons. The number of carbonyl (C=O) groups is 2. The minimum atomic E-state index is -0.780. The van der Waals surface area contributed by atoms with Crippen LogP contribution in [0.4, 0.5) is 4.79 Å². The average molecular weight is 285 g/mol. The molecule has 0 saturated carbocycles. The summed E-state index contributed by atoms with van der Waals surface area (Å²) in [5.41, 5.74) is 0. The largest absolute Gasteiger partial charge is 0.481 e. The fraction of sp³-hybridized carbons (Fsp3) is 0.857. The summed E-state index contributed by atoms with van der Waals surface area (Å²) in [5.74, 6) is -0.780. The second-order valence-corrected chi connectivity index (χ2v) is 5.36. The fourth-order valence-electron chi connectivity index (χ4n) is 2.33. The molecule has 0 aromatic heterocycles. The van der Waals surface area contributed by atoms with E-state index in [0.29, 0.717) is 25.4 Å². The van der Waals surface area contributed by atoms with Crippen LogP contribution in [0, 0.1) is 0 Å². The van der Waals surface area contributed by atoms with E-state index in [2.05, 4.69) is 24.1 Å². The number of aliphatic carboxylic acids is 1. The Morgan fingerprint density at radius 3 is 2.40 bits per heavy atom. The van der Waals surface area contributed by atoms with Gasteiger partial charge >= 0.3 is 12.0 Å². The number of unbranched alkanes of at least 4 members (excludes halogenated alkanes) is 1. The molecule has 1 saturated heterocycles. The minimum absolute atomic E-state index is 0.0240. The molecule has 6 heteroatoms. The highest BCUT2D eigenvalue weighted by Gasteiger charge is 2.22. The number of hydrogen-bond acceptors (Lipinski definition) is 3. The zero-order valence-corrected chi connectivity index (χ0v) is 12.6. The summed E-state index contributed by atoms with van der Waals surface area (Å²) in [6.45, 7) is 8.36. The summed E-state index contributed by atoms with van der Waals surface area (Å²) >= 11 is 0. The van der Waals surface area contributed by atoms with Crippen molar-refractivity contribution in [3.05, 3.63) is 0 Å². The highest BCUT2D eigenvalue weighted by Crippen LogP contribution is 2.08. The van der Waals surface area contributed by atoms with Gasteiger partial charge in [0.25, 0.3) is 0 Å². The topological polar surface area (TPSA) is 72.9 Å². The molecule has 0 aromatic carbocycles. The zero-order valence-electron chi connectivity index (χ0n) is 12.6. The van der Waals surface area contributed by atoms with Crippen LogP contribution in [0.25, 0.3) is 0 Å². The van der Waals surface area contributed by atoms with E-state index in [0.717, 1.165) is 32.6 Å². The smallest absolute Gasteiger partial charge is 0.317 e. The second kappa shape index (κ2) is 8.79. The van der Waals surface area contributed by atoms with E-state index in [-0.39, 0.29) is 12.5 Å². The normalized spacial score (nSPS) is 17.8. The van der Waals surface area contributed by atoms with Crippen LogP contribution in [-0.2, 0) is 4.79 Å². The summed E-state index contributed by atoms with van der Waals surface area (Å²) in [4.78, 5) is 26.5. The molecular weight excluding hydrogens is 258 g/mol. The highest BCUT2D eigenvalue weighted by molar-refractivity contribution is 5.74. The van der Waals surface area contributed by atoms with Crippen molar-refractivity contribution in [2.75, 3.05) is 32.7 Å². The molecule has 0 aromatic rings. The molecule has 2 amide bonds. The molecule has 0 bridgehead atoms. The lowest BCUT2D eigenvalue weighted by molar-refractivity contribution is -0.137. The van der Waals surface area contributed by atoms with Gasteiger partial charge in [-0.15, -0.1) is 0 Å². The molecule has 0 radical (unpaired) electrons. The van der Waals surface area contributed by atoms with E-state index in [4.69, 9.17) is 5.11 Å². The Kier molecular flexibility index (Phi) is 7.36. The summed E-state index contributed by atoms with van der Waals surface area (Å²) in [7, 11) is 0. The maximum atomic E-state index is 11.9. The maximum absolute atomic E-state index is 11.9. The number of carboxylic acids is 1. The number of amides is 2. The number of carbonyl (C=O) groups excluding carboxylic acids is 1. The Hall–Kier alpha value is -1.30. The third-order valence-corrected chi connectivity index (χ3v) is 3.91. The van der Waals surface area contributed by atoms with Gasteiger partial charge in [0, 0.05) is 45.2 Å². The van der Waals surface area contributed by atoms with Gasteiger partial charge in [-0.25, -0.2) is 4.79 Å². The van der Waals surface area contributed by atoms with Gasteiger partial charge in [0.1, 0.15) is 0 Å².